The van der Waals surface area contributed by atoms with Crippen molar-refractivity contribution in [2.24, 2.45) is 5.10 Å². The zero-order chi connectivity index (χ0) is 19.9. The Kier molecular flexibility index (Phi) is 4.66. The lowest BCUT2D eigenvalue weighted by Crippen LogP contribution is -2.62. The summed E-state index contributed by atoms with van der Waals surface area (Å²) < 4.78 is 11.3. The fourth-order valence-corrected chi connectivity index (χ4v) is 4.10. The Hall–Kier alpha value is -2.74. The summed E-state index contributed by atoms with van der Waals surface area (Å²) in [7, 11) is 2.11. The Morgan fingerprint density at radius 2 is 2.25 bits per heavy atom. The van der Waals surface area contributed by atoms with Crippen molar-refractivity contribution in [2.75, 3.05) is 43.6 Å². The van der Waals surface area contributed by atoms with Gasteiger partial charge in [0.15, 0.2) is 5.84 Å². The van der Waals surface area contributed by atoms with E-state index in [0.717, 1.165) is 35.8 Å². The Morgan fingerprint density at radius 3 is 2.96 bits per heavy atom. The number of hydrogen-bond donors (Lipinski definition) is 2. The number of likely N-dealkylation sites (tertiary alicyclic amines) is 1. The highest BCUT2D eigenvalue weighted by Gasteiger charge is 2.38. The fourth-order valence-electron chi connectivity index (χ4n) is 4.10. The first-order valence-corrected chi connectivity index (χ1v) is 9.61. The number of carbonyl (C=O) groups is 1. The Balaban J connectivity index is 1.74. The van der Waals surface area contributed by atoms with Crippen molar-refractivity contribution in [3.05, 3.63) is 24.0 Å². The summed E-state index contributed by atoms with van der Waals surface area (Å²) in [4.78, 5) is 16.4. The van der Waals surface area contributed by atoms with Gasteiger partial charge in [-0.3, -0.25) is 4.79 Å². The first-order chi connectivity index (χ1) is 13.4. The van der Waals surface area contributed by atoms with Crippen LogP contribution in [0.25, 0.3) is 6.08 Å². The molecule has 1 aromatic rings. The van der Waals surface area contributed by atoms with E-state index in [1.54, 1.807) is 6.26 Å². The molecule has 2 N–H and O–H groups in total. The number of anilines is 2. The number of amides is 1. The lowest BCUT2D eigenvalue weighted by molar-refractivity contribution is -0.122. The molecule has 0 aromatic heterocycles. The molecule has 0 saturated carbocycles. The van der Waals surface area contributed by atoms with Crippen molar-refractivity contribution < 1.29 is 14.3 Å². The van der Waals surface area contributed by atoms with Crippen LogP contribution in [0.15, 0.2) is 23.5 Å². The molecular weight excluding hydrogens is 358 g/mol. The normalized spacial score (nSPS) is 23.1. The molecule has 0 aliphatic carbocycles. The summed E-state index contributed by atoms with van der Waals surface area (Å²) in [5, 5.41) is 7.84. The summed E-state index contributed by atoms with van der Waals surface area (Å²) in [6.45, 7) is 8.90. The predicted octanol–water partition coefficient (Wildman–Crippen LogP) is 1.84. The summed E-state index contributed by atoms with van der Waals surface area (Å²) in [6.07, 6.45) is 3.64. The maximum atomic E-state index is 12.2. The summed E-state index contributed by atoms with van der Waals surface area (Å²) in [6, 6.07) is 3.70. The third-order valence-corrected chi connectivity index (χ3v) is 5.27. The topological polar surface area (TPSA) is 78.4 Å². The zero-order valence-corrected chi connectivity index (χ0v) is 16.8. The van der Waals surface area contributed by atoms with E-state index in [1.807, 2.05) is 37.0 Å². The molecule has 8 heteroatoms. The van der Waals surface area contributed by atoms with E-state index in [1.165, 1.54) is 0 Å². The number of ether oxygens (including phenoxy) is 2. The number of amidine groups is 1. The molecule has 0 bridgehead atoms. The number of carbonyl (C=O) groups excluding carboxylic acids is 1. The van der Waals surface area contributed by atoms with Crippen LogP contribution in [-0.2, 0) is 9.53 Å². The molecule has 8 nitrogen and oxygen atoms in total. The summed E-state index contributed by atoms with van der Waals surface area (Å²) in [5.74, 6) is 1.31. The molecule has 4 rings (SSSR count). The third kappa shape index (κ3) is 3.28. The van der Waals surface area contributed by atoms with Crippen molar-refractivity contribution in [3.63, 3.8) is 0 Å². The van der Waals surface area contributed by atoms with Crippen LogP contribution in [0.1, 0.15) is 26.3 Å². The standard InChI is InChI=1S/C20H27N5O3/c1-5-27-7-6-14-8-17-16(9-15(14)21-20(3)11-24(4)12-20)25-13(2)19(26)23-22-18(25)10-28-17/h6-9,13,21H,5,10-12H2,1-4H3,(H,23,26)/t13-/m1/s1. The summed E-state index contributed by atoms with van der Waals surface area (Å²) in [5.41, 5.74) is 5.37. The van der Waals surface area contributed by atoms with Crippen LogP contribution in [0.5, 0.6) is 5.75 Å². The van der Waals surface area contributed by atoms with Gasteiger partial charge in [-0.25, -0.2) is 5.43 Å². The molecule has 1 aromatic carbocycles. The Labute approximate surface area is 165 Å². The second kappa shape index (κ2) is 7.01. The van der Waals surface area contributed by atoms with Gasteiger partial charge in [0.25, 0.3) is 5.91 Å². The number of benzene rings is 1. The lowest BCUT2D eigenvalue weighted by Gasteiger charge is -2.47. The van der Waals surface area contributed by atoms with E-state index >= 15 is 0 Å². The maximum absolute atomic E-state index is 12.2. The van der Waals surface area contributed by atoms with Gasteiger partial charge in [0, 0.05) is 24.3 Å². The SMILES string of the molecule is CCOC=Cc1cc2c(cc1NC1(C)CN(C)C1)N1C(=NNC(=O)[C@H]1C)CO2. The van der Waals surface area contributed by atoms with E-state index < -0.39 is 0 Å². The molecule has 0 spiro atoms. The molecule has 1 amide bonds. The maximum Gasteiger partial charge on any atom is 0.262 e. The average Bonchev–Trinajstić information content (AvgIpc) is 2.63. The van der Waals surface area contributed by atoms with Gasteiger partial charge in [-0.15, -0.1) is 0 Å². The molecular formula is C20H27N5O3. The van der Waals surface area contributed by atoms with Crippen LogP contribution in [0.4, 0.5) is 11.4 Å². The lowest BCUT2D eigenvalue weighted by atomic mass is 9.92. The summed E-state index contributed by atoms with van der Waals surface area (Å²) >= 11 is 0. The van der Waals surface area contributed by atoms with Crippen molar-refractivity contribution in [1.82, 2.24) is 10.3 Å². The fraction of sp³-hybridized carbons (Fsp3) is 0.500. The van der Waals surface area contributed by atoms with Crippen molar-refractivity contribution in [1.29, 1.82) is 0 Å². The number of rotatable bonds is 5. The van der Waals surface area contributed by atoms with Crippen LogP contribution in [0, 0.1) is 0 Å². The minimum atomic E-state index is -0.349. The van der Waals surface area contributed by atoms with Crippen molar-refractivity contribution >= 4 is 29.2 Å². The molecule has 0 unspecified atom stereocenters. The van der Waals surface area contributed by atoms with Crippen LogP contribution < -0.4 is 20.4 Å². The Morgan fingerprint density at radius 1 is 1.46 bits per heavy atom. The van der Waals surface area contributed by atoms with E-state index in [2.05, 4.69) is 34.7 Å². The minimum Gasteiger partial charge on any atom is -0.501 e. The van der Waals surface area contributed by atoms with Gasteiger partial charge in [0.2, 0.25) is 0 Å². The highest BCUT2D eigenvalue weighted by molar-refractivity contribution is 6.09. The van der Waals surface area contributed by atoms with Crippen LogP contribution >= 0.6 is 0 Å². The predicted molar refractivity (Wildman–Crippen MR) is 110 cm³/mol. The number of likely N-dealkylation sites (N-methyl/N-ethyl adjacent to an activating group) is 1. The minimum absolute atomic E-state index is 0.00543. The second-order valence-electron chi connectivity index (χ2n) is 7.86. The van der Waals surface area contributed by atoms with Gasteiger partial charge in [-0.2, -0.15) is 5.10 Å². The zero-order valence-electron chi connectivity index (χ0n) is 16.8. The molecule has 1 atom stereocenters. The quantitative estimate of drug-likeness (QED) is 0.753. The number of nitrogens with zero attached hydrogens (tertiary/aromatic N) is 3. The highest BCUT2D eigenvalue weighted by Crippen LogP contribution is 2.40. The largest absolute Gasteiger partial charge is 0.501 e. The van der Waals surface area contributed by atoms with Gasteiger partial charge in [-0.1, -0.05) is 0 Å². The van der Waals surface area contributed by atoms with Crippen LogP contribution in [-0.4, -0.2) is 61.6 Å². The third-order valence-electron chi connectivity index (χ3n) is 5.27. The van der Waals surface area contributed by atoms with Gasteiger partial charge in [-0.05, 0) is 46.0 Å². The van der Waals surface area contributed by atoms with Crippen LogP contribution in [0.2, 0.25) is 0 Å². The van der Waals surface area contributed by atoms with E-state index in [4.69, 9.17) is 9.47 Å². The van der Waals surface area contributed by atoms with E-state index in [0.29, 0.717) is 19.0 Å². The molecule has 28 heavy (non-hydrogen) atoms. The highest BCUT2D eigenvalue weighted by atomic mass is 16.5. The number of hydrogen-bond acceptors (Lipinski definition) is 7. The molecule has 150 valence electrons. The Bertz CT molecular complexity index is 844. The van der Waals surface area contributed by atoms with Crippen molar-refractivity contribution in [3.8, 4) is 5.75 Å². The van der Waals surface area contributed by atoms with Gasteiger partial charge in [0.05, 0.1) is 24.1 Å². The monoisotopic (exact) mass is 385 g/mol. The van der Waals surface area contributed by atoms with E-state index in [-0.39, 0.29) is 17.5 Å². The smallest absolute Gasteiger partial charge is 0.262 e. The number of nitrogens with one attached hydrogen (secondary N) is 2. The number of fused-ring (bicyclic) bond motifs is 3. The molecule has 1 fully saturated rings. The van der Waals surface area contributed by atoms with E-state index in [9.17, 15) is 4.79 Å². The van der Waals surface area contributed by atoms with Gasteiger partial charge < -0.3 is 24.6 Å². The van der Waals surface area contributed by atoms with Gasteiger partial charge in [0.1, 0.15) is 18.4 Å². The molecule has 0 radical (unpaired) electrons. The average molecular weight is 385 g/mol. The molecule has 3 heterocycles. The first-order valence-electron chi connectivity index (χ1n) is 9.61. The van der Waals surface area contributed by atoms with Gasteiger partial charge >= 0.3 is 0 Å². The molecule has 1 saturated heterocycles. The second-order valence-corrected chi connectivity index (χ2v) is 7.86. The molecule has 3 aliphatic rings. The first kappa shape index (κ1) is 18.6. The molecule has 3 aliphatic heterocycles. The number of hydrazone groups is 1. The van der Waals surface area contributed by atoms with Crippen LogP contribution in [0.3, 0.4) is 0 Å². The van der Waals surface area contributed by atoms with Crippen molar-refractivity contribution in [2.45, 2.75) is 32.4 Å².